The molecule has 3 rings (SSSR count). The summed E-state index contributed by atoms with van der Waals surface area (Å²) in [5.74, 6) is 0.421. The van der Waals surface area contributed by atoms with E-state index < -0.39 is 17.3 Å². The van der Waals surface area contributed by atoms with E-state index in [2.05, 4.69) is 4.98 Å². The highest BCUT2D eigenvalue weighted by molar-refractivity contribution is 5.91. The van der Waals surface area contributed by atoms with Gasteiger partial charge >= 0.3 is 6.18 Å². The van der Waals surface area contributed by atoms with Gasteiger partial charge in [-0.3, -0.25) is 4.79 Å². The molecular formula is C20H22F3N3O3. The minimum absolute atomic E-state index is 0.114. The first-order valence-corrected chi connectivity index (χ1v) is 9.00. The fourth-order valence-corrected chi connectivity index (χ4v) is 3.09. The van der Waals surface area contributed by atoms with Gasteiger partial charge in [-0.05, 0) is 44.7 Å². The Morgan fingerprint density at radius 2 is 1.90 bits per heavy atom. The summed E-state index contributed by atoms with van der Waals surface area (Å²) in [6.45, 7) is 4.97. The Morgan fingerprint density at radius 3 is 2.34 bits per heavy atom. The molecule has 1 fully saturated rings. The molecule has 9 heteroatoms. The van der Waals surface area contributed by atoms with Gasteiger partial charge in [-0.15, -0.1) is 0 Å². The minimum atomic E-state index is -4.44. The lowest BCUT2D eigenvalue weighted by molar-refractivity contribution is -0.137. The molecule has 0 unspecified atom stereocenters. The van der Waals surface area contributed by atoms with Crippen molar-refractivity contribution in [3.05, 3.63) is 53.7 Å². The van der Waals surface area contributed by atoms with Crippen LogP contribution < -0.4 is 0 Å². The lowest BCUT2D eigenvalue weighted by Crippen LogP contribution is -2.44. The highest BCUT2D eigenvalue weighted by Crippen LogP contribution is 2.31. The smallest absolute Gasteiger partial charge is 0.417 e. The molecular weight excluding hydrogens is 387 g/mol. The van der Waals surface area contributed by atoms with E-state index in [-0.39, 0.29) is 23.1 Å². The summed E-state index contributed by atoms with van der Waals surface area (Å²) in [6.07, 6.45) is -0.0969. The number of piperidine rings is 1. The first-order valence-electron chi connectivity index (χ1n) is 9.00. The third kappa shape index (κ3) is 6.06. The fourth-order valence-electron chi connectivity index (χ4n) is 3.09. The zero-order valence-electron chi connectivity index (χ0n) is 16.1. The van der Waals surface area contributed by atoms with E-state index in [0.717, 1.165) is 25.0 Å². The molecule has 1 aliphatic heterocycles. The van der Waals surface area contributed by atoms with Gasteiger partial charge in [0.05, 0.1) is 29.0 Å². The van der Waals surface area contributed by atoms with Crippen molar-refractivity contribution >= 4 is 5.91 Å². The molecule has 2 aromatic rings. The second-order valence-corrected chi connectivity index (χ2v) is 7.24. The Bertz CT molecular complexity index is 844. The SMILES string of the molecule is CC(C)(O)C1CCN(C(=O)c2cnco2)CC1.N#Cc1ccccc1C(F)(F)F. The molecule has 0 saturated carbocycles. The van der Waals surface area contributed by atoms with Crippen LogP contribution in [0.25, 0.3) is 0 Å². The molecule has 0 aliphatic carbocycles. The second kappa shape index (κ2) is 9.09. The predicted octanol–water partition coefficient (Wildman–Crippen LogP) is 3.87. The molecule has 29 heavy (non-hydrogen) atoms. The molecule has 1 aromatic heterocycles. The van der Waals surface area contributed by atoms with Crippen LogP contribution in [-0.2, 0) is 6.18 Å². The molecule has 1 aromatic carbocycles. The topological polar surface area (TPSA) is 90.4 Å². The summed E-state index contributed by atoms with van der Waals surface area (Å²) in [4.78, 5) is 17.4. The van der Waals surface area contributed by atoms with E-state index in [0.29, 0.717) is 13.1 Å². The van der Waals surface area contributed by atoms with E-state index in [1.54, 1.807) is 4.90 Å². The number of nitriles is 1. The van der Waals surface area contributed by atoms with Gasteiger partial charge in [0.15, 0.2) is 6.39 Å². The van der Waals surface area contributed by atoms with E-state index in [1.807, 2.05) is 13.8 Å². The minimum Gasteiger partial charge on any atom is -0.438 e. The first kappa shape index (κ1) is 22.4. The molecule has 0 radical (unpaired) electrons. The number of amides is 1. The molecule has 2 heterocycles. The van der Waals surface area contributed by atoms with Crippen molar-refractivity contribution in [2.75, 3.05) is 13.1 Å². The predicted molar refractivity (Wildman–Crippen MR) is 97.6 cm³/mol. The number of carbonyl (C=O) groups excluding carboxylic acids is 1. The van der Waals surface area contributed by atoms with Crippen molar-refractivity contribution in [2.45, 2.75) is 38.5 Å². The summed E-state index contributed by atoms with van der Waals surface area (Å²) in [5.41, 5.74) is -1.89. The van der Waals surface area contributed by atoms with Gasteiger partial charge in [0.25, 0.3) is 5.91 Å². The highest BCUT2D eigenvalue weighted by Gasteiger charge is 2.33. The summed E-state index contributed by atoms with van der Waals surface area (Å²) < 4.78 is 41.2. The van der Waals surface area contributed by atoms with E-state index in [9.17, 15) is 23.1 Å². The Balaban J connectivity index is 0.000000221. The third-order valence-corrected chi connectivity index (χ3v) is 4.78. The number of oxazole rings is 1. The number of rotatable bonds is 2. The molecule has 1 amide bonds. The normalized spacial score (nSPS) is 15.3. The van der Waals surface area contributed by atoms with E-state index >= 15 is 0 Å². The molecule has 0 spiro atoms. The van der Waals surface area contributed by atoms with Crippen LogP contribution in [0.4, 0.5) is 13.2 Å². The number of benzene rings is 1. The quantitative estimate of drug-likeness (QED) is 0.813. The van der Waals surface area contributed by atoms with Crippen molar-refractivity contribution in [1.29, 1.82) is 5.26 Å². The van der Waals surface area contributed by atoms with Crippen molar-refractivity contribution in [3.8, 4) is 6.07 Å². The number of hydrogen-bond acceptors (Lipinski definition) is 5. The molecule has 1 saturated heterocycles. The van der Waals surface area contributed by atoms with Crippen LogP contribution in [0.3, 0.4) is 0 Å². The first-order chi connectivity index (χ1) is 13.5. The van der Waals surface area contributed by atoms with Gasteiger partial charge < -0.3 is 14.4 Å². The fraction of sp³-hybridized carbons (Fsp3) is 0.450. The van der Waals surface area contributed by atoms with Gasteiger partial charge in [-0.25, -0.2) is 4.98 Å². The van der Waals surface area contributed by atoms with Crippen LogP contribution in [-0.4, -0.2) is 39.6 Å². The van der Waals surface area contributed by atoms with Crippen LogP contribution in [0.1, 0.15) is 48.4 Å². The van der Waals surface area contributed by atoms with Crippen molar-refractivity contribution < 1.29 is 27.5 Å². The summed E-state index contributed by atoms with van der Waals surface area (Å²) >= 11 is 0. The lowest BCUT2D eigenvalue weighted by Gasteiger charge is -2.37. The lowest BCUT2D eigenvalue weighted by atomic mass is 9.83. The van der Waals surface area contributed by atoms with Gasteiger partial charge in [0, 0.05) is 13.1 Å². The number of alkyl halides is 3. The standard InChI is InChI=1S/C12H18N2O3.C8H4F3N/c1-12(2,16)9-3-5-14(6-4-9)11(15)10-7-13-8-17-10;9-8(10,11)7-4-2-1-3-6(7)5-12/h7-9,16H,3-6H2,1-2H3;1-4H. The van der Waals surface area contributed by atoms with Crippen LogP contribution >= 0.6 is 0 Å². The molecule has 0 bridgehead atoms. The zero-order valence-corrected chi connectivity index (χ0v) is 16.1. The third-order valence-electron chi connectivity index (χ3n) is 4.78. The molecule has 0 atom stereocenters. The Kier molecular flexibility index (Phi) is 7.03. The second-order valence-electron chi connectivity index (χ2n) is 7.24. The van der Waals surface area contributed by atoms with Gasteiger partial charge in [-0.2, -0.15) is 18.4 Å². The van der Waals surface area contributed by atoms with Gasteiger partial charge in [0.1, 0.15) is 0 Å². The number of halogens is 3. The molecule has 156 valence electrons. The largest absolute Gasteiger partial charge is 0.438 e. The number of nitrogens with zero attached hydrogens (tertiary/aromatic N) is 3. The van der Waals surface area contributed by atoms with Crippen LogP contribution in [0.2, 0.25) is 0 Å². The number of likely N-dealkylation sites (tertiary alicyclic amines) is 1. The Morgan fingerprint density at radius 1 is 1.28 bits per heavy atom. The Labute approximate surface area is 166 Å². The maximum Gasteiger partial charge on any atom is 0.417 e. The van der Waals surface area contributed by atoms with E-state index in [1.165, 1.54) is 30.8 Å². The van der Waals surface area contributed by atoms with Crippen LogP contribution in [0.5, 0.6) is 0 Å². The molecule has 1 aliphatic rings. The number of carbonyl (C=O) groups is 1. The summed E-state index contributed by atoms with van der Waals surface area (Å²) in [6, 6.07) is 6.16. The summed E-state index contributed by atoms with van der Waals surface area (Å²) in [5, 5.41) is 18.3. The average Bonchev–Trinajstić information content (AvgIpc) is 3.21. The molecule has 1 N–H and O–H groups in total. The average molecular weight is 409 g/mol. The summed E-state index contributed by atoms with van der Waals surface area (Å²) in [7, 11) is 0. The van der Waals surface area contributed by atoms with Crippen LogP contribution in [0, 0.1) is 17.2 Å². The number of aliphatic hydroxyl groups is 1. The maximum absolute atomic E-state index is 12.1. The number of hydrogen-bond donors (Lipinski definition) is 1. The maximum atomic E-state index is 12.1. The van der Waals surface area contributed by atoms with Crippen molar-refractivity contribution in [1.82, 2.24) is 9.88 Å². The monoisotopic (exact) mass is 409 g/mol. The highest BCUT2D eigenvalue weighted by atomic mass is 19.4. The molecule has 6 nitrogen and oxygen atoms in total. The van der Waals surface area contributed by atoms with Crippen LogP contribution in [0.15, 0.2) is 41.3 Å². The van der Waals surface area contributed by atoms with Gasteiger partial charge in [0.2, 0.25) is 5.76 Å². The van der Waals surface area contributed by atoms with Crippen molar-refractivity contribution in [3.63, 3.8) is 0 Å². The zero-order chi connectivity index (χ0) is 21.7. The number of aromatic nitrogens is 1. The van der Waals surface area contributed by atoms with E-state index in [4.69, 9.17) is 9.68 Å². The van der Waals surface area contributed by atoms with Crippen molar-refractivity contribution in [2.24, 2.45) is 5.92 Å². The Hall–Kier alpha value is -2.86. The van der Waals surface area contributed by atoms with Gasteiger partial charge in [-0.1, -0.05) is 12.1 Å².